The van der Waals surface area contributed by atoms with Crippen LogP contribution >= 0.6 is 12.4 Å². The Hall–Kier alpha value is -1.89. The minimum atomic E-state index is -3.53. The summed E-state index contributed by atoms with van der Waals surface area (Å²) in [5, 5.41) is 2.81. The number of benzene rings is 2. The quantitative estimate of drug-likeness (QED) is 0.698. The summed E-state index contributed by atoms with van der Waals surface area (Å²) in [6.45, 7) is 4.30. The second-order valence-electron chi connectivity index (χ2n) is 6.52. The first-order valence-electron chi connectivity index (χ1n) is 8.73. The van der Waals surface area contributed by atoms with Crippen molar-refractivity contribution < 1.29 is 13.2 Å². The van der Waals surface area contributed by atoms with Gasteiger partial charge in [-0.25, -0.2) is 8.42 Å². The average molecular weight is 411 g/mol. The number of halogens is 1. The molecule has 0 saturated heterocycles. The van der Waals surface area contributed by atoms with Gasteiger partial charge in [0.2, 0.25) is 0 Å². The van der Waals surface area contributed by atoms with E-state index in [0.29, 0.717) is 17.7 Å². The fourth-order valence-corrected chi connectivity index (χ4v) is 3.96. The molecule has 0 bridgehead atoms. The van der Waals surface area contributed by atoms with E-state index in [1.807, 2.05) is 19.9 Å². The van der Waals surface area contributed by atoms with Gasteiger partial charge in [0.15, 0.2) is 9.84 Å². The molecule has 0 unspecified atom stereocenters. The first kappa shape index (κ1) is 23.1. The van der Waals surface area contributed by atoms with Gasteiger partial charge in [-0.1, -0.05) is 50.2 Å². The van der Waals surface area contributed by atoms with Crippen molar-refractivity contribution in [2.24, 2.45) is 5.73 Å². The number of nitrogens with one attached hydrogen (secondary N) is 1. The third-order valence-electron chi connectivity index (χ3n) is 4.66. The summed E-state index contributed by atoms with van der Waals surface area (Å²) < 4.78 is 25.3. The van der Waals surface area contributed by atoms with Crippen LogP contribution in [0, 0.1) is 0 Å². The molecule has 1 amide bonds. The summed E-state index contributed by atoms with van der Waals surface area (Å²) in [6, 6.07) is 15.1. The van der Waals surface area contributed by atoms with Gasteiger partial charge >= 0.3 is 0 Å². The maximum atomic E-state index is 12.6. The topological polar surface area (TPSA) is 89.3 Å². The van der Waals surface area contributed by atoms with E-state index in [4.69, 9.17) is 5.73 Å². The molecule has 0 spiro atoms. The molecular formula is C20H27ClN2O3S. The Kier molecular flexibility index (Phi) is 8.47. The van der Waals surface area contributed by atoms with Gasteiger partial charge < -0.3 is 11.1 Å². The Morgan fingerprint density at radius 2 is 1.67 bits per heavy atom. The van der Waals surface area contributed by atoms with Gasteiger partial charge in [-0.15, -0.1) is 12.4 Å². The van der Waals surface area contributed by atoms with Crippen LogP contribution in [0.25, 0.3) is 0 Å². The van der Waals surface area contributed by atoms with Gasteiger partial charge in [-0.05, 0) is 36.6 Å². The molecule has 7 heteroatoms. The fourth-order valence-electron chi connectivity index (χ4n) is 2.57. The highest BCUT2D eigenvalue weighted by molar-refractivity contribution is 7.90. The van der Waals surface area contributed by atoms with E-state index in [1.165, 1.54) is 12.1 Å². The van der Waals surface area contributed by atoms with Crippen molar-refractivity contribution >= 4 is 28.2 Å². The van der Waals surface area contributed by atoms with Gasteiger partial charge in [0.1, 0.15) is 0 Å². The van der Waals surface area contributed by atoms with Crippen molar-refractivity contribution in [2.45, 2.75) is 42.9 Å². The second kappa shape index (κ2) is 9.88. The molecule has 2 rings (SSSR count). The van der Waals surface area contributed by atoms with Crippen molar-refractivity contribution in [3.8, 4) is 0 Å². The molecule has 0 aliphatic heterocycles. The third kappa shape index (κ3) is 6.34. The molecule has 27 heavy (non-hydrogen) atoms. The summed E-state index contributed by atoms with van der Waals surface area (Å²) in [5.74, 6) is -0.422. The van der Waals surface area contributed by atoms with Crippen LogP contribution in [0.5, 0.6) is 0 Å². The lowest BCUT2D eigenvalue weighted by atomic mass is 9.94. The molecule has 148 valence electrons. The zero-order chi connectivity index (χ0) is 19.2. The number of amides is 1. The number of hydrogen-bond acceptors (Lipinski definition) is 4. The van der Waals surface area contributed by atoms with Crippen LogP contribution in [0.4, 0.5) is 0 Å². The SMILES string of the molecule is CCC(N)(CC)CNC(=O)c1cccc(S(=O)(=O)Cc2ccccc2)c1.Cl. The minimum Gasteiger partial charge on any atom is -0.350 e. The number of carbonyl (C=O) groups is 1. The highest BCUT2D eigenvalue weighted by atomic mass is 35.5. The molecule has 0 atom stereocenters. The summed E-state index contributed by atoms with van der Waals surface area (Å²) in [5.41, 5.74) is 6.77. The summed E-state index contributed by atoms with van der Waals surface area (Å²) in [7, 11) is -3.53. The first-order valence-corrected chi connectivity index (χ1v) is 10.4. The Morgan fingerprint density at radius 3 is 2.26 bits per heavy atom. The standard InChI is InChI=1S/C20H26N2O3S.ClH/c1-3-20(21,4-2)15-22-19(23)17-11-8-12-18(13-17)26(24,25)14-16-9-6-5-7-10-16;/h5-13H,3-4,14-15,21H2,1-2H3,(H,22,23);1H. The summed E-state index contributed by atoms with van der Waals surface area (Å²) >= 11 is 0. The Labute approximate surface area is 167 Å². The van der Waals surface area contributed by atoms with Crippen LogP contribution in [-0.4, -0.2) is 26.4 Å². The maximum Gasteiger partial charge on any atom is 0.251 e. The van der Waals surface area contributed by atoms with Crippen LogP contribution in [0.15, 0.2) is 59.5 Å². The molecule has 0 aromatic heterocycles. The number of sulfone groups is 1. The Balaban J connectivity index is 0.00000364. The van der Waals surface area contributed by atoms with E-state index in [2.05, 4.69) is 5.32 Å². The molecule has 0 radical (unpaired) electrons. The molecule has 0 heterocycles. The highest BCUT2D eigenvalue weighted by Gasteiger charge is 2.22. The molecule has 0 saturated carbocycles. The van der Waals surface area contributed by atoms with E-state index < -0.39 is 15.4 Å². The molecule has 0 aliphatic rings. The zero-order valence-electron chi connectivity index (χ0n) is 15.6. The van der Waals surface area contributed by atoms with Crippen molar-refractivity contribution in [1.29, 1.82) is 0 Å². The molecule has 5 nitrogen and oxygen atoms in total. The van der Waals surface area contributed by atoms with Gasteiger partial charge in [0.05, 0.1) is 10.6 Å². The normalized spacial score (nSPS) is 11.5. The summed E-state index contributed by atoms with van der Waals surface area (Å²) in [4.78, 5) is 12.5. The number of hydrogen-bond donors (Lipinski definition) is 2. The molecule has 0 aliphatic carbocycles. The van der Waals surface area contributed by atoms with E-state index in [1.54, 1.807) is 36.4 Å². The predicted molar refractivity (Wildman–Crippen MR) is 111 cm³/mol. The van der Waals surface area contributed by atoms with Crippen LogP contribution < -0.4 is 11.1 Å². The lowest BCUT2D eigenvalue weighted by Gasteiger charge is -2.26. The molecule has 0 fully saturated rings. The molecule has 3 N–H and O–H groups in total. The number of carbonyl (C=O) groups excluding carboxylic acids is 1. The fraction of sp³-hybridized carbons (Fsp3) is 0.350. The largest absolute Gasteiger partial charge is 0.350 e. The van der Waals surface area contributed by atoms with Crippen LogP contribution in [0.3, 0.4) is 0 Å². The summed E-state index contributed by atoms with van der Waals surface area (Å²) in [6.07, 6.45) is 1.49. The monoisotopic (exact) mass is 410 g/mol. The van der Waals surface area contributed by atoms with Crippen LogP contribution in [-0.2, 0) is 15.6 Å². The predicted octanol–water partition coefficient (Wildman–Crippen LogP) is 3.33. The van der Waals surface area contributed by atoms with E-state index in [0.717, 1.165) is 12.8 Å². The highest BCUT2D eigenvalue weighted by Crippen LogP contribution is 2.18. The van der Waals surface area contributed by atoms with Crippen molar-refractivity contribution in [2.75, 3.05) is 6.54 Å². The second-order valence-corrected chi connectivity index (χ2v) is 8.51. The maximum absolute atomic E-state index is 12.6. The molecule has 2 aromatic carbocycles. The van der Waals surface area contributed by atoms with Gasteiger partial charge in [-0.2, -0.15) is 0 Å². The number of nitrogens with two attached hydrogens (primary N) is 1. The molecular weight excluding hydrogens is 384 g/mol. The van der Waals surface area contributed by atoms with E-state index in [-0.39, 0.29) is 29.0 Å². The Bertz CT molecular complexity index is 851. The van der Waals surface area contributed by atoms with Gasteiger partial charge in [0, 0.05) is 17.6 Å². The van der Waals surface area contributed by atoms with E-state index in [9.17, 15) is 13.2 Å². The van der Waals surface area contributed by atoms with Crippen molar-refractivity contribution in [1.82, 2.24) is 5.32 Å². The van der Waals surface area contributed by atoms with Gasteiger partial charge in [-0.3, -0.25) is 4.79 Å². The van der Waals surface area contributed by atoms with E-state index >= 15 is 0 Å². The first-order chi connectivity index (χ1) is 12.3. The minimum absolute atomic E-state index is 0. The number of rotatable bonds is 8. The lowest BCUT2D eigenvalue weighted by molar-refractivity contribution is 0.0942. The molecule has 2 aromatic rings. The average Bonchev–Trinajstić information content (AvgIpc) is 2.66. The smallest absolute Gasteiger partial charge is 0.251 e. The van der Waals surface area contributed by atoms with Gasteiger partial charge in [0.25, 0.3) is 5.91 Å². The van der Waals surface area contributed by atoms with Crippen LogP contribution in [0.2, 0.25) is 0 Å². The third-order valence-corrected chi connectivity index (χ3v) is 6.35. The van der Waals surface area contributed by atoms with Crippen LogP contribution in [0.1, 0.15) is 42.6 Å². The van der Waals surface area contributed by atoms with Crippen molar-refractivity contribution in [3.05, 3.63) is 65.7 Å². The zero-order valence-corrected chi connectivity index (χ0v) is 17.3. The Morgan fingerprint density at radius 1 is 1.04 bits per heavy atom. The lowest BCUT2D eigenvalue weighted by Crippen LogP contribution is -2.49. The van der Waals surface area contributed by atoms with Crippen molar-refractivity contribution in [3.63, 3.8) is 0 Å².